The molecule has 4 nitrogen and oxygen atoms in total. The van der Waals surface area contributed by atoms with Gasteiger partial charge >= 0.3 is 6.09 Å². The van der Waals surface area contributed by atoms with Gasteiger partial charge in [0.1, 0.15) is 6.07 Å². The fraction of sp³-hybridized carbons (Fsp3) is 0.0667. The van der Waals surface area contributed by atoms with Gasteiger partial charge in [-0.15, -0.1) is 0 Å². The molecule has 0 aromatic heterocycles. The fourth-order valence-corrected chi connectivity index (χ4v) is 2.09. The number of benzene rings is 1. The number of hydrogen-bond donors (Lipinski definition) is 0. The highest BCUT2D eigenvalue weighted by Gasteiger charge is 2.42. The van der Waals surface area contributed by atoms with E-state index in [2.05, 4.69) is 19.2 Å². The molecule has 1 aliphatic heterocycles. The predicted octanol–water partition coefficient (Wildman–Crippen LogP) is 3.16. The van der Waals surface area contributed by atoms with Crippen molar-refractivity contribution in [1.82, 2.24) is 4.90 Å². The van der Waals surface area contributed by atoms with Crippen molar-refractivity contribution in [2.75, 3.05) is 0 Å². The lowest BCUT2D eigenvalue weighted by Gasteiger charge is -2.36. The first kappa shape index (κ1) is 12.7. The van der Waals surface area contributed by atoms with Crippen LogP contribution in [-0.4, -0.2) is 11.0 Å². The van der Waals surface area contributed by atoms with E-state index in [0.717, 1.165) is 11.8 Å². The summed E-state index contributed by atoms with van der Waals surface area (Å²) in [7, 11) is 0. The normalized spacial score (nSPS) is 20.1. The molecule has 0 unspecified atom stereocenters. The molecule has 1 aromatic rings. The number of nitrogens with zero attached hydrogens (tertiary/aromatic N) is 2. The third kappa shape index (κ3) is 1.81. The number of nitriles is 1. The Balaban J connectivity index is 2.61. The first-order chi connectivity index (χ1) is 9.19. The van der Waals surface area contributed by atoms with Crippen molar-refractivity contribution < 1.29 is 9.53 Å². The van der Waals surface area contributed by atoms with Crippen LogP contribution in [0, 0.1) is 11.3 Å². The second kappa shape index (κ2) is 4.83. The molecule has 0 saturated heterocycles. The topological polar surface area (TPSA) is 53.3 Å². The quantitative estimate of drug-likeness (QED) is 0.600. The summed E-state index contributed by atoms with van der Waals surface area (Å²) in [5, 5.41) is 9.55. The SMILES string of the molecule is C=COC(=O)N1C=Cc2ccccc2[C@]1(C#N)C=C. The standard InChI is InChI=1S/C15H12N2O2/c1-3-15(11-16)13-8-6-5-7-12(13)9-10-17(15)14(18)19-4-2/h3-10H,1-2H2/t15-/m1/s1. The van der Waals surface area contributed by atoms with Crippen LogP contribution in [0.5, 0.6) is 0 Å². The number of rotatable bonds is 2. The molecule has 1 heterocycles. The molecule has 0 saturated carbocycles. The Morgan fingerprint density at radius 2 is 2.16 bits per heavy atom. The van der Waals surface area contributed by atoms with Crippen molar-refractivity contribution in [2.45, 2.75) is 5.54 Å². The largest absolute Gasteiger partial charge is 0.420 e. The van der Waals surface area contributed by atoms with Crippen LogP contribution < -0.4 is 0 Å². The van der Waals surface area contributed by atoms with Gasteiger partial charge in [-0.3, -0.25) is 4.90 Å². The van der Waals surface area contributed by atoms with Crippen molar-refractivity contribution in [3.05, 3.63) is 67.1 Å². The van der Waals surface area contributed by atoms with E-state index in [1.807, 2.05) is 18.2 Å². The Hall–Kier alpha value is -2.80. The van der Waals surface area contributed by atoms with Gasteiger partial charge in [-0.25, -0.2) is 4.79 Å². The van der Waals surface area contributed by atoms with Gasteiger partial charge in [-0.05, 0) is 17.7 Å². The van der Waals surface area contributed by atoms with Gasteiger partial charge < -0.3 is 4.74 Å². The zero-order valence-corrected chi connectivity index (χ0v) is 10.2. The van der Waals surface area contributed by atoms with Gasteiger partial charge in [0.25, 0.3) is 0 Å². The monoisotopic (exact) mass is 252 g/mol. The smallest absolute Gasteiger partial charge is 0.419 e. The van der Waals surface area contributed by atoms with Crippen molar-refractivity contribution in [1.29, 1.82) is 5.26 Å². The van der Waals surface area contributed by atoms with Crippen molar-refractivity contribution in [3.63, 3.8) is 0 Å². The van der Waals surface area contributed by atoms with Crippen LogP contribution in [0.2, 0.25) is 0 Å². The number of carbonyl (C=O) groups excluding carboxylic acids is 1. The molecule has 1 amide bonds. The molecule has 0 aliphatic carbocycles. The molecular weight excluding hydrogens is 240 g/mol. The van der Waals surface area contributed by atoms with Crippen LogP contribution in [0.15, 0.2) is 56.0 Å². The molecule has 0 spiro atoms. The Labute approximate surface area is 111 Å². The van der Waals surface area contributed by atoms with E-state index >= 15 is 0 Å². The predicted molar refractivity (Wildman–Crippen MR) is 71.5 cm³/mol. The van der Waals surface area contributed by atoms with Crippen LogP contribution >= 0.6 is 0 Å². The summed E-state index contributed by atoms with van der Waals surface area (Å²) in [6.07, 6.45) is 5.04. The van der Waals surface area contributed by atoms with E-state index in [0.29, 0.717) is 5.56 Å². The minimum atomic E-state index is -1.27. The summed E-state index contributed by atoms with van der Waals surface area (Å²) >= 11 is 0. The third-order valence-corrected chi connectivity index (χ3v) is 3.00. The van der Waals surface area contributed by atoms with Crippen molar-refractivity contribution in [3.8, 4) is 6.07 Å². The lowest BCUT2D eigenvalue weighted by atomic mass is 9.84. The second-order valence-electron chi connectivity index (χ2n) is 3.91. The number of carbonyl (C=O) groups is 1. The maximum absolute atomic E-state index is 11.9. The fourth-order valence-electron chi connectivity index (χ4n) is 2.09. The van der Waals surface area contributed by atoms with Crippen LogP contribution in [0.25, 0.3) is 6.08 Å². The first-order valence-electron chi connectivity index (χ1n) is 5.63. The average Bonchev–Trinajstić information content (AvgIpc) is 2.46. The van der Waals surface area contributed by atoms with Crippen LogP contribution in [0.1, 0.15) is 11.1 Å². The lowest BCUT2D eigenvalue weighted by molar-refractivity contribution is 0.134. The number of fused-ring (bicyclic) bond motifs is 1. The van der Waals surface area contributed by atoms with E-state index in [1.165, 1.54) is 17.2 Å². The van der Waals surface area contributed by atoms with Crippen LogP contribution in [0.3, 0.4) is 0 Å². The van der Waals surface area contributed by atoms with Gasteiger partial charge in [0.2, 0.25) is 0 Å². The summed E-state index contributed by atoms with van der Waals surface area (Å²) in [6.45, 7) is 7.02. The molecule has 1 aromatic carbocycles. The molecule has 1 aliphatic rings. The molecule has 94 valence electrons. The van der Waals surface area contributed by atoms with Gasteiger partial charge in [-0.2, -0.15) is 5.26 Å². The highest BCUT2D eigenvalue weighted by atomic mass is 16.5. The zero-order chi connectivity index (χ0) is 13.9. The Kier molecular flexibility index (Phi) is 3.21. The third-order valence-electron chi connectivity index (χ3n) is 3.00. The number of hydrogen-bond acceptors (Lipinski definition) is 3. The molecule has 19 heavy (non-hydrogen) atoms. The van der Waals surface area contributed by atoms with E-state index in [1.54, 1.807) is 12.1 Å². The number of ether oxygens (including phenoxy) is 1. The Morgan fingerprint density at radius 1 is 1.42 bits per heavy atom. The van der Waals surface area contributed by atoms with Crippen LogP contribution in [-0.2, 0) is 10.3 Å². The highest BCUT2D eigenvalue weighted by molar-refractivity contribution is 5.77. The van der Waals surface area contributed by atoms with Crippen molar-refractivity contribution >= 4 is 12.2 Å². The molecule has 0 fully saturated rings. The Morgan fingerprint density at radius 3 is 2.79 bits per heavy atom. The molecule has 0 radical (unpaired) electrons. The van der Waals surface area contributed by atoms with Gasteiger partial charge in [-0.1, -0.05) is 37.4 Å². The van der Waals surface area contributed by atoms with E-state index in [4.69, 9.17) is 4.74 Å². The second-order valence-corrected chi connectivity index (χ2v) is 3.91. The van der Waals surface area contributed by atoms with E-state index < -0.39 is 11.6 Å². The van der Waals surface area contributed by atoms with Crippen molar-refractivity contribution in [2.24, 2.45) is 0 Å². The average molecular weight is 252 g/mol. The maximum atomic E-state index is 11.9. The summed E-state index contributed by atoms with van der Waals surface area (Å²) in [4.78, 5) is 13.1. The Bertz CT molecular complexity index is 613. The summed E-state index contributed by atoms with van der Waals surface area (Å²) in [5.74, 6) is 0. The molecular formula is C15H12N2O2. The minimum absolute atomic E-state index is 0.679. The first-order valence-corrected chi connectivity index (χ1v) is 5.63. The molecule has 0 N–H and O–H groups in total. The highest BCUT2D eigenvalue weighted by Crippen LogP contribution is 2.37. The van der Waals surface area contributed by atoms with E-state index in [9.17, 15) is 10.1 Å². The zero-order valence-electron chi connectivity index (χ0n) is 10.2. The molecule has 4 heteroatoms. The molecule has 0 bridgehead atoms. The van der Waals surface area contributed by atoms with Gasteiger partial charge in [0.15, 0.2) is 5.54 Å². The van der Waals surface area contributed by atoms with E-state index in [-0.39, 0.29) is 0 Å². The van der Waals surface area contributed by atoms with Gasteiger partial charge in [0, 0.05) is 11.8 Å². The lowest BCUT2D eigenvalue weighted by Crippen LogP contribution is -2.45. The molecule has 2 rings (SSSR count). The maximum Gasteiger partial charge on any atom is 0.420 e. The molecule has 1 atom stereocenters. The summed E-state index contributed by atoms with van der Waals surface area (Å²) < 4.78 is 4.76. The van der Waals surface area contributed by atoms with Gasteiger partial charge in [0.05, 0.1) is 6.26 Å². The minimum Gasteiger partial charge on any atom is -0.419 e. The number of amides is 1. The summed E-state index contributed by atoms with van der Waals surface area (Å²) in [6, 6.07) is 9.47. The van der Waals surface area contributed by atoms with Crippen LogP contribution in [0.4, 0.5) is 4.79 Å². The summed E-state index contributed by atoms with van der Waals surface area (Å²) in [5.41, 5.74) is 0.286.